The normalized spacial score (nSPS) is 15.4. The first-order valence-corrected chi connectivity index (χ1v) is 13.9. The molecule has 1 saturated heterocycles. The van der Waals surface area contributed by atoms with Gasteiger partial charge in [-0.15, -0.1) is 0 Å². The molecule has 2 rings (SSSR count). The van der Waals surface area contributed by atoms with Gasteiger partial charge in [0.15, 0.2) is 0 Å². The van der Waals surface area contributed by atoms with Crippen LogP contribution in [0.25, 0.3) is 0 Å². The highest BCUT2D eigenvalue weighted by molar-refractivity contribution is 5.78. The molecule has 0 bridgehead atoms. The van der Waals surface area contributed by atoms with E-state index in [1.165, 1.54) is 0 Å². The zero-order chi connectivity index (χ0) is 26.9. The molecule has 1 atom stereocenters. The number of rotatable bonds is 17. The molecular formula is C30H48N4O3. The molecule has 7 heteroatoms. The third kappa shape index (κ3) is 11.8. The SMILES string of the molecule is CCCC(C)N(C)Cc1c(C#CCCOCCCN(C)CCN2CCC(NC=O)CC2)cccc1C=O. The van der Waals surface area contributed by atoms with E-state index in [2.05, 4.69) is 59.8 Å². The van der Waals surface area contributed by atoms with E-state index in [1.54, 1.807) is 0 Å². The largest absolute Gasteiger partial charge is 0.380 e. The Labute approximate surface area is 224 Å². The summed E-state index contributed by atoms with van der Waals surface area (Å²) < 4.78 is 5.81. The molecular weight excluding hydrogens is 464 g/mol. The molecule has 1 aliphatic rings. The van der Waals surface area contributed by atoms with Crippen LogP contribution < -0.4 is 5.32 Å². The Morgan fingerprint density at radius 2 is 1.97 bits per heavy atom. The van der Waals surface area contributed by atoms with Gasteiger partial charge in [0.25, 0.3) is 0 Å². The fourth-order valence-electron chi connectivity index (χ4n) is 4.71. The van der Waals surface area contributed by atoms with Crippen molar-refractivity contribution in [2.45, 2.75) is 71.0 Å². The molecule has 37 heavy (non-hydrogen) atoms. The summed E-state index contributed by atoms with van der Waals surface area (Å²) in [6.45, 7) is 11.7. The van der Waals surface area contributed by atoms with Crippen molar-refractivity contribution < 1.29 is 14.3 Å². The Morgan fingerprint density at radius 1 is 1.19 bits per heavy atom. The molecule has 1 N–H and O–H groups in total. The average molecular weight is 513 g/mol. The number of likely N-dealkylation sites (N-methyl/N-ethyl adjacent to an activating group) is 1. The summed E-state index contributed by atoms with van der Waals surface area (Å²) in [5, 5.41) is 2.90. The molecule has 0 radical (unpaired) electrons. The van der Waals surface area contributed by atoms with Crippen LogP contribution in [0.5, 0.6) is 0 Å². The number of benzene rings is 1. The number of hydrogen-bond acceptors (Lipinski definition) is 6. The van der Waals surface area contributed by atoms with Crippen LogP contribution in [0, 0.1) is 11.8 Å². The van der Waals surface area contributed by atoms with E-state index in [0.717, 1.165) is 107 Å². The predicted molar refractivity (Wildman–Crippen MR) is 151 cm³/mol. The summed E-state index contributed by atoms with van der Waals surface area (Å²) >= 11 is 0. The number of nitrogens with zero attached hydrogens (tertiary/aromatic N) is 3. The van der Waals surface area contributed by atoms with Gasteiger partial charge in [0, 0.05) is 75.5 Å². The van der Waals surface area contributed by atoms with Gasteiger partial charge >= 0.3 is 0 Å². The number of ether oxygens (including phenoxy) is 1. The fourth-order valence-corrected chi connectivity index (χ4v) is 4.71. The lowest BCUT2D eigenvalue weighted by atomic mass is 10.0. The first-order valence-electron chi connectivity index (χ1n) is 13.9. The highest BCUT2D eigenvalue weighted by atomic mass is 16.5. The smallest absolute Gasteiger partial charge is 0.207 e. The summed E-state index contributed by atoms with van der Waals surface area (Å²) in [6.07, 6.45) is 7.80. The van der Waals surface area contributed by atoms with Gasteiger partial charge in [0.2, 0.25) is 6.41 Å². The number of piperidine rings is 1. The second-order valence-corrected chi connectivity index (χ2v) is 10.3. The maximum atomic E-state index is 11.6. The first-order chi connectivity index (χ1) is 18.0. The van der Waals surface area contributed by atoms with Crippen molar-refractivity contribution in [3.63, 3.8) is 0 Å². The van der Waals surface area contributed by atoms with Gasteiger partial charge in [-0.3, -0.25) is 14.5 Å². The van der Waals surface area contributed by atoms with E-state index in [0.29, 0.717) is 25.1 Å². The van der Waals surface area contributed by atoms with Crippen LogP contribution in [-0.2, 0) is 16.1 Å². The number of hydrogen-bond donors (Lipinski definition) is 1. The van der Waals surface area contributed by atoms with Gasteiger partial charge in [-0.25, -0.2) is 0 Å². The third-order valence-corrected chi connectivity index (χ3v) is 7.32. The zero-order valence-corrected chi connectivity index (χ0v) is 23.5. The van der Waals surface area contributed by atoms with Crippen molar-refractivity contribution in [1.82, 2.24) is 20.0 Å². The highest BCUT2D eigenvalue weighted by Crippen LogP contribution is 2.17. The number of carbonyl (C=O) groups excluding carboxylic acids is 2. The van der Waals surface area contributed by atoms with Crippen molar-refractivity contribution >= 4 is 12.7 Å². The second-order valence-electron chi connectivity index (χ2n) is 10.3. The van der Waals surface area contributed by atoms with Crippen LogP contribution in [-0.4, -0.2) is 99.5 Å². The Kier molecular flexibility index (Phi) is 15.1. The van der Waals surface area contributed by atoms with E-state index in [-0.39, 0.29) is 0 Å². The molecule has 0 aliphatic carbocycles. The summed E-state index contributed by atoms with van der Waals surface area (Å²) in [5.74, 6) is 6.52. The molecule has 1 unspecified atom stereocenters. The summed E-state index contributed by atoms with van der Waals surface area (Å²) in [5.41, 5.74) is 2.68. The number of carbonyl (C=O) groups is 2. The molecule has 0 saturated carbocycles. The minimum absolute atomic E-state index is 0.345. The van der Waals surface area contributed by atoms with Gasteiger partial charge in [0.05, 0.1) is 6.61 Å². The minimum atomic E-state index is 0.345. The van der Waals surface area contributed by atoms with E-state index >= 15 is 0 Å². The lowest BCUT2D eigenvalue weighted by Crippen LogP contribution is -2.44. The molecule has 0 spiro atoms. The summed E-state index contributed by atoms with van der Waals surface area (Å²) in [6, 6.07) is 6.60. The van der Waals surface area contributed by atoms with Gasteiger partial charge in [0.1, 0.15) is 6.29 Å². The van der Waals surface area contributed by atoms with E-state index < -0.39 is 0 Å². The maximum Gasteiger partial charge on any atom is 0.207 e. The number of aldehydes is 1. The monoisotopic (exact) mass is 512 g/mol. The van der Waals surface area contributed by atoms with Gasteiger partial charge < -0.3 is 19.9 Å². The second kappa shape index (κ2) is 18.1. The van der Waals surface area contributed by atoms with E-state index in [4.69, 9.17) is 4.74 Å². The molecule has 1 fully saturated rings. The van der Waals surface area contributed by atoms with Crippen molar-refractivity contribution in [2.24, 2.45) is 0 Å². The van der Waals surface area contributed by atoms with Crippen molar-refractivity contribution in [3.8, 4) is 11.8 Å². The average Bonchev–Trinajstić information content (AvgIpc) is 2.90. The van der Waals surface area contributed by atoms with Crippen molar-refractivity contribution in [3.05, 3.63) is 34.9 Å². The summed E-state index contributed by atoms with van der Waals surface area (Å²) in [7, 11) is 4.28. The first kappa shape index (κ1) is 31.0. The quantitative estimate of drug-likeness (QED) is 0.196. The molecule has 7 nitrogen and oxygen atoms in total. The van der Waals surface area contributed by atoms with Crippen LogP contribution >= 0.6 is 0 Å². The molecule has 1 aliphatic heterocycles. The molecule has 1 heterocycles. The Bertz CT molecular complexity index is 858. The van der Waals surface area contributed by atoms with Crippen LogP contribution in [0.3, 0.4) is 0 Å². The molecule has 206 valence electrons. The Hall–Kier alpha value is -2.24. The molecule has 1 aromatic rings. The lowest BCUT2D eigenvalue weighted by Gasteiger charge is -2.32. The third-order valence-electron chi connectivity index (χ3n) is 7.32. The maximum absolute atomic E-state index is 11.6. The Morgan fingerprint density at radius 3 is 2.68 bits per heavy atom. The predicted octanol–water partition coefficient (Wildman–Crippen LogP) is 3.41. The van der Waals surface area contributed by atoms with E-state index in [9.17, 15) is 9.59 Å². The standard InChI is InChI=1S/C30H48N4O3/c1-5-10-26(2)33(4)23-30-27(12-8-13-28(30)24-35)11-6-7-21-37-22-9-16-32(3)19-20-34-17-14-29(15-18-34)31-25-36/h8,12-13,24-26,29H,5,7,9-10,14-23H2,1-4H3,(H,31,36). The van der Waals surface area contributed by atoms with Crippen LogP contribution in [0.15, 0.2) is 18.2 Å². The van der Waals surface area contributed by atoms with Gasteiger partial charge in [-0.05, 0) is 58.3 Å². The van der Waals surface area contributed by atoms with Gasteiger partial charge in [-0.1, -0.05) is 37.3 Å². The molecule has 0 aromatic heterocycles. The number of nitrogens with one attached hydrogen (secondary N) is 1. The minimum Gasteiger partial charge on any atom is -0.380 e. The lowest BCUT2D eigenvalue weighted by molar-refractivity contribution is -0.110. The van der Waals surface area contributed by atoms with E-state index in [1.807, 2.05) is 18.2 Å². The Balaban J connectivity index is 1.65. The summed E-state index contributed by atoms with van der Waals surface area (Å²) in [4.78, 5) is 29.3. The van der Waals surface area contributed by atoms with Gasteiger partial charge in [-0.2, -0.15) is 0 Å². The molecule has 1 aromatic carbocycles. The zero-order valence-electron chi connectivity index (χ0n) is 23.5. The fraction of sp³-hybridized carbons (Fsp3) is 0.667. The topological polar surface area (TPSA) is 65.1 Å². The van der Waals surface area contributed by atoms with Crippen molar-refractivity contribution in [2.75, 3.05) is 60.0 Å². The van der Waals surface area contributed by atoms with Crippen molar-refractivity contribution in [1.29, 1.82) is 0 Å². The highest BCUT2D eigenvalue weighted by Gasteiger charge is 2.18. The van der Waals surface area contributed by atoms with Crippen LogP contribution in [0.2, 0.25) is 0 Å². The van der Waals surface area contributed by atoms with Crippen LogP contribution in [0.4, 0.5) is 0 Å². The molecule has 1 amide bonds. The van der Waals surface area contributed by atoms with Crippen LogP contribution in [0.1, 0.15) is 73.9 Å². The number of likely N-dealkylation sites (tertiary alicyclic amines) is 1. The number of amides is 1.